The molecule has 1 aliphatic heterocycles. The van der Waals surface area contributed by atoms with E-state index in [1.54, 1.807) is 27.2 Å². The van der Waals surface area contributed by atoms with Gasteiger partial charge in [-0.2, -0.15) is 0 Å². The van der Waals surface area contributed by atoms with E-state index < -0.39 is 25.2 Å². The van der Waals surface area contributed by atoms with Crippen molar-refractivity contribution >= 4 is 23.5 Å². The molecule has 1 aromatic heterocycles. The van der Waals surface area contributed by atoms with Gasteiger partial charge in [0.05, 0.1) is 42.8 Å². The summed E-state index contributed by atoms with van der Waals surface area (Å²) in [5.74, 6) is 0.147. The molecule has 0 bridgehead atoms. The van der Waals surface area contributed by atoms with Crippen LogP contribution in [0.3, 0.4) is 0 Å². The molecule has 11 heteroatoms. The molecule has 0 N–H and O–H groups in total. The van der Waals surface area contributed by atoms with Crippen molar-refractivity contribution in [3.63, 3.8) is 0 Å². The van der Waals surface area contributed by atoms with Gasteiger partial charge in [0.1, 0.15) is 12.9 Å². The number of hydrogen-bond acceptors (Lipinski definition) is 8. The maximum Gasteiger partial charge on any atom is 0.331 e. The fourth-order valence-electron chi connectivity index (χ4n) is 3.98. The van der Waals surface area contributed by atoms with Crippen LogP contribution in [0.5, 0.6) is 5.75 Å². The van der Waals surface area contributed by atoms with Crippen molar-refractivity contribution in [2.75, 3.05) is 47.5 Å². The number of rotatable bonds is 11. The first-order valence-corrected chi connectivity index (χ1v) is 12.2. The van der Waals surface area contributed by atoms with Gasteiger partial charge in [0.2, 0.25) is 5.43 Å². The highest BCUT2D eigenvalue weighted by molar-refractivity contribution is 9.10. The van der Waals surface area contributed by atoms with E-state index in [2.05, 4.69) is 15.9 Å². The van der Waals surface area contributed by atoms with Crippen molar-refractivity contribution in [2.45, 2.75) is 39.5 Å². The minimum atomic E-state index is -3.47. The van der Waals surface area contributed by atoms with Crippen LogP contribution in [0.4, 0.5) is 0 Å². The van der Waals surface area contributed by atoms with E-state index in [0.717, 1.165) is 0 Å². The Kier molecular flexibility index (Phi) is 9.12. The number of fused-ring (bicyclic) bond motifs is 1. The van der Waals surface area contributed by atoms with Crippen LogP contribution in [-0.4, -0.2) is 58.2 Å². The lowest BCUT2D eigenvalue weighted by Gasteiger charge is -2.48. The molecule has 30 heavy (non-hydrogen) atoms. The Labute approximate surface area is 185 Å². The summed E-state index contributed by atoms with van der Waals surface area (Å²) in [6.07, 6.45) is 0.558. The fraction of sp³-hybridized carbons (Fsp3) is 0.737. The van der Waals surface area contributed by atoms with Crippen molar-refractivity contribution in [3.8, 4) is 5.75 Å². The van der Waals surface area contributed by atoms with E-state index in [1.807, 2.05) is 11.5 Å². The standard InChI is InChI=1S/C19H31BrNO8P/c1-7-28-30(23,29-8-2)11-19(3)14(25-5)10-21-9-13(20)16(22)17(26-6)15(21)18(19)27-12-24-4/h9,14,18H,7-8,10-12H2,1-6H3. The molecular weight excluding hydrogens is 481 g/mol. The average Bonchev–Trinajstić information content (AvgIpc) is 2.68. The Balaban J connectivity index is 2.70. The van der Waals surface area contributed by atoms with Crippen LogP contribution in [-0.2, 0) is 34.4 Å². The summed E-state index contributed by atoms with van der Waals surface area (Å²) >= 11 is 3.29. The molecule has 3 unspecified atom stereocenters. The van der Waals surface area contributed by atoms with Crippen LogP contribution in [0, 0.1) is 5.41 Å². The van der Waals surface area contributed by atoms with Crippen molar-refractivity contribution in [2.24, 2.45) is 5.41 Å². The first-order chi connectivity index (χ1) is 14.2. The van der Waals surface area contributed by atoms with E-state index in [0.29, 0.717) is 16.7 Å². The summed E-state index contributed by atoms with van der Waals surface area (Å²) < 4.78 is 49.3. The second kappa shape index (κ2) is 10.7. The third-order valence-corrected chi connectivity index (χ3v) is 8.14. The van der Waals surface area contributed by atoms with Gasteiger partial charge in [-0.25, -0.2) is 0 Å². The molecule has 9 nitrogen and oxygen atoms in total. The minimum Gasteiger partial charge on any atom is -0.491 e. The molecule has 0 saturated heterocycles. The monoisotopic (exact) mass is 511 g/mol. The van der Waals surface area contributed by atoms with Gasteiger partial charge in [0, 0.05) is 32.4 Å². The first kappa shape index (κ1) is 25.5. The highest BCUT2D eigenvalue weighted by Crippen LogP contribution is 2.59. The molecule has 0 aliphatic carbocycles. The molecule has 0 saturated carbocycles. The number of halogens is 1. The third kappa shape index (κ3) is 5.01. The van der Waals surface area contributed by atoms with E-state index in [-0.39, 0.29) is 37.3 Å². The van der Waals surface area contributed by atoms with E-state index in [4.69, 9.17) is 28.0 Å². The lowest BCUT2D eigenvalue weighted by Crippen LogP contribution is -2.51. The Hall–Kier alpha value is -0.740. The summed E-state index contributed by atoms with van der Waals surface area (Å²) in [6.45, 7) is 6.23. The zero-order chi connectivity index (χ0) is 22.5. The maximum absolute atomic E-state index is 13.5. The van der Waals surface area contributed by atoms with E-state index in [1.165, 1.54) is 14.2 Å². The number of aromatic nitrogens is 1. The lowest BCUT2D eigenvalue weighted by molar-refractivity contribution is -0.164. The summed E-state index contributed by atoms with van der Waals surface area (Å²) in [7, 11) is 1.06. The highest BCUT2D eigenvalue weighted by atomic mass is 79.9. The van der Waals surface area contributed by atoms with Crippen LogP contribution in [0.2, 0.25) is 0 Å². The van der Waals surface area contributed by atoms with Gasteiger partial charge in [-0.1, -0.05) is 6.92 Å². The lowest BCUT2D eigenvalue weighted by atomic mass is 9.75. The summed E-state index contributed by atoms with van der Waals surface area (Å²) in [5, 5.41) is 0. The van der Waals surface area contributed by atoms with Gasteiger partial charge in [-0.3, -0.25) is 9.36 Å². The predicted molar refractivity (Wildman–Crippen MR) is 115 cm³/mol. The second-order valence-corrected chi connectivity index (χ2v) is 10.1. The summed E-state index contributed by atoms with van der Waals surface area (Å²) in [5.41, 5.74) is -0.648. The quantitative estimate of drug-likeness (QED) is 0.328. The van der Waals surface area contributed by atoms with Gasteiger partial charge in [0.25, 0.3) is 0 Å². The number of hydrogen-bond donors (Lipinski definition) is 0. The van der Waals surface area contributed by atoms with Crippen molar-refractivity contribution in [1.82, 2.24) is 4.57 Å². The van der Waals surface area contributed by atoms with Crippen molar-refractivity contribution in [1.29, 1.82) is 0 Å². The molecule has 2 rings (SSSR count). The molecule has 1 aromatic rings. The molecule has 2 heterocycles. The molecule has 0 amide bonds. The number of nitrogens with zero attached hydrogens (tertiary/aromatic N) is 1. The second-order valence-electron chi connectivity index (χ2n) is 7.16. The van der Waals surface area contributed by atoms with Crippen LogP contribution >= 0.6 is 23.5 Å². The number of methoxy groups -OCH3 is 3. The Morgan fingerprint density at radius 2 is 1.87 bits per heavy atom. The molecule has 1 aliphatic rings. The molecule has 0 aromatic carbocycles. The number of pyridine rings is 1. The first-order valence-electron chi connectivity index (χ1n) is 9.69. The third-order valence-electron chi connectivity index (χ3n) is 5.21. The Bertz CT molecular complexity index is 821. The van der Waals surface area contributed by atoms with Crippen LogP contribution < -0.4 is 10.2 Å². The number of ether oxygens (including phenoxy) is 4. The minimum absolute atomic E-state index is 0.0297. The molecule has 0 radical (unpaired) electrons. The Morgan fingerprint density at radius 3 is 2.37 bits per heavy atom. The molecule has 3 atom stereocenters. The van der Waals surface area contributed by atoms with Crippen molar-refractivity contribution in [3.05, 3.63) is 26.6 Å². The van der Waals surface area contributed by atoms with Gasteiger partial charge in [-0.05, 0) is 29.8 Å². The van der Waals surface area contributed by atoms with E-state index in [9.17, 15) is 9.36 Å². The molecule has 0 fully saturated rings. The van der Waals surface area contributed by atoms with E-state index >= 15 is 0 Å². The van der Waals surface area contributed by atoms with Crippen LogP contribution in [0.15, 0.2) is 15.5 Å². The smallest absolute Gasteiger partial charge is 0.331 e. The van der Waals surface area contributed by atoms with Crippen LogP contribution in [0.25, 0.3) is 0 Å². The maximum atomic E-state index is 13.5. The normalized spacial score (nSPS) is 24.0. The SMILES string of the molecule is CCOP(=O)(CC1(C)C(OC)Cn2cc(Br)c(=O)c(OC)c2C1OCOC)OCC. The van der Waals surface area contributed by atoms with Gasteiger partial charge < -0.3 is 32.6 Å². The van der Waals surface area contributed by atoms with Crippen LogP contribution in [0.1, 0.15) is 32.6 Å². The zero-order valence-electron chi connectivity index (χ0n) is 18.3. The fourth-order valence-corrected chi connectivity index (χ4v) is 6.65. The van der Waals surface area contributed by atoms with Gasteiger partial charge >= 0.3 is 7.60 Å². The topological polar surface area (TPSA) is 94.5 Å². The van der Waals surface area contributed by atoms with Crippen molar-refractivity contribution < 1.29 is 32.6 Å². The molecule has 0 spiro atoms. The molecular formula is C19H31BrNO8P. The average molecular weight is 512 g/mol. The summed E-state index contributed by atoms with van der Waals surface area (Å²) in [6, 6.07) is 0. The molecule has 172 valence electrons. The Morgan fingerprint density at radius 1 is 1.23 bits per heavy atom. The van der Waals surface area contributed by atoms with Gasteiger partial charge in [-0.15, -0.1) is 0 Å². The largest absolute Gasteiger partial charge is 0.491 e. The zero-order valence-corrected chi connectivity index (χ0v) is 20.8. The van der Waals surface area contributed by atoms with Gasteiger partial charge in [0.15, 0.2) is 5.75 Å². The summed E-state index contributed by atoms with van der Waals surface area (Å²) in [4.78, 5) is 12.7. The predicted octanol–water partition coefficient (Wildman–Crippen LogP) is 3.58. The highest BCUT2D eigenvalue weighted by Gasteiger charge is 2.53.